The first-order valence-electron chi connectivity index (χ1n) is 8.42. The van der Waals surface area contributed by atoms with Crippen LogP contribution in [0.5, 0.6) is 5.75 Å². The number of amides is 1. The lowest BCUT2D eigenvalue weighted by atomic mass is 9.99. The van der Waals surface area contributed by atoms with Crippen LogP contribution in [0.4, 0.5) is 0 Å². The lowest BCUT2D eigenvalue weighted by Gasteiger charge is -2.21. The van der Waals surface area contributed by atoms with Crippen molar-refractivity contribution in [1.29, 1.82) is 0 Å². The van der Waals surface area contributed by atoms with Crippen LogP contribution in [0.15, 0.2) is 53.6 Å². The van der Waals surface area contributed by atoms with Crippen molar-refractivity contribution in [3.63, 3.8) is 0 Å². The average Bonchev–Trinajstić information content (AvgIpc) is 2.66. The first kappa shape index (κ1) is 17.7. The fraction of sp³-hybridized carbons (Fsp3) is 0.250. The highest BCUT2D eigenvalue weighted by Crippen LogP contribution is 2.20. The highest BCUT2D eigenvalue weighted by Gasteiger charge is 2.22. The zero-order chi connectivity index (χ0) is 18.7. The molecule has 0 saturated heterocycles. The molecule has 134 valence electrons. The lowest BCUT2D eigenvalue weighted by Crippen LogP contribution is -2.35. The Morgan fingerprint density at radius 3 is 2.69 bits per heavy atom. The van der Waals surface area contributed by atoms with Gasteiger partial charge in [-0.3, -0.25) is 14.6 Å². The maximum Gasteiger partial charge on any atom is 0.257 e. The number of hydrogen-bond donors (Lipinski definition) is 2. The maximum absolute atomic E-state index is 12.8. The lowest BCUT2D eigenvalue weighted by molar-refractivity contribution is 0.0923. The van der Waals surface area contributed by atoms with Crippen LogP contribution < -0.4 is 15.5 Å². The molecule has 3 aromatic rings. The van der Waals surface area contributed by atoms with E-state index < -0.39 is 5.91 Å². The van der Waals surface area contributed by atoms with E-state index >= 15 is 0 Å². The maximum atomic E-state index is 12.8. The van der Waals surface area contributed by atoms with Gasteiger partial charge < -0.3 is 15.0 Å². The monoisotopic (exact) mass is 351 g/mol. The fourth-order valence-electron chi connectivity index (χ4n) is 2.85. The summed E-state index contributed by atoms with van der Waals surface area (Å²) in [6, 6.07) is 10.4. The van der Waals surface area contributed by atoms with Gasteiger partial charge in [0.05, 0.1) is 18.8 Å². The minimum absolute atomic E-state index is 0.0623. The summed E-state index contributed by atoms with van der Waals surface area (Å²) in [7, 11) is 1.53. The van der Waals surface area contributed by atoms with Crippen LogP contribution >= 0.6 is 0 Å². The molecule has 0 aliphatic carbocycles. The largest absolute Gasteiger partial charge is 0.497 e. The number of hydrogen-bond acceptors (Lipinski definition) is 4. The number of methoxy groups -OCH3 is 1. The van der Waals surface area contributed by atoms with E-state index in [1.807, 2.05) is 32.0 Å². The summed E-state index contributed by atoms with van der Waals surface area (Å²) in [6.45, 7) is 3.99. The van der Waals surface area contributed by atoms with Gasteiger partial charge in [-0.15, -0.1) is 0 Å². The SMILES string of the molecule is COc1ccc2[nH]cc(C(=O)N[C@@H](c3ccccn3)C(C)C)c(=O)c2c1. The second-order valence-electron chi connectivity index (χ2n) is 6.39. The molecule has 0 aliphatic rings. The third-order valence-corrected chi connectivity index (χ3v) is 4.29. The van der Waals surface area contributed by atoms with E-state index in [1.54, 1.807) is 24.4 Å². The number of carbonyl (C=O) groups is 1. The van der Waals surface area contributed by atoms with Crippen molar-refractivity contribution in [2.24, 2.45) is 5.92 Å². The fourth-order valence-corrected chi connectivity index (χ4v) is 2.85. The molecule has 0 spiro atoms. The van der Waals surface area contributed by atoms with Crippen LogP contribution in [-0.2, 0) is 0 Å². The Morgan fingerprint density at radius 1 is 1.23 bits per heavy atom. The summed E-state index contributed by atoms with van der Waals surface area (Å²) in [5.41, 5.74) is 1.14. The van der Waals surface area contributed by atoms with E-state index in [4.69, 9.17) is 4.74 Å². The number of fused-ring (bicyclic) bond motifs is 1. The summed E-state index contributed by atoms with van der Waals surface area (Å²) in [6.07, 6.45) is 3.13. The summed E-state index contributed by atoms with van der Waals surface area (Å²) in [5, 5.41) is 3.34. The quantitative estimate of drug-likeness (QED) is 0.740. The number of nitrogens with zero attached hydrogens (tertiary/aromatic N) is 1. The van der Waals surface area contributed by atoms with Crippen LogP contribution in [-0.4, -0.2) is 23.0 Å². The highest BCUT2D eigenvalue weighted by atomic mass is 16.5. The molecule has 0 saturated carbocycles. The molecule has 1 atom stereocenters. The van der Waals surface area contributed by atoms with E-state index in [9.17, 15) is 9.59 Å². The Morgan fingerprint density at radius 2 is 2.04 bits per heavy atom. The minimum atomic E-state index is -0.430. The highest BCUT2D eigenvalue weighted by molar-refractivity contribution is 5.97. The van der Waals surface area contributed by atoms with Crippen LogP contribution in [0.25, 0.3) is 10.9 Å². The van der Waals surface area contributed by atoms with Gasteiger partial charge in [0.25, 0.3) is 5.91 Å². The third kappa shape index (κ3) is 3.44. The molecule has 0 fully saturated rings. The number of aromatic nitrogens is 2. The van der Waals surface area contributed by atoms with Gasteiger partial charge >= 0.3 is 0 Å². The van der Waals surface area contributed by atoms with Gasteiger partial charge in [0.1, 0.15) is 11.3 Å². The number of aromatic amines is 1. The molecule has 0 bridgehead atoms. The van der Waals surface area contributed by atoms with Crippen LogP contribution in [0.1, 0.15) is 35.9 Å². The van der Waals surface area contributed by atoms with E-state index in [0.29, 0.717) is 16.7 Å². The predicted molar refractivity (Wildman–Crippen MR) is 100 cm³/mol. The standard InChI is InChI=1S/C20H21N3O3/c1-12(2)18(17-6-4-5-9-21-17)23-20(25)15-11-22-16-8-7-13(26-3)10-14(16)19(15)24/h4-12,18H,1-3H3,(H,22,24)(H,23,25)/t18-/m1/s1. The molecule has 3 rings (SSSR count). The molecular formula is C20H21N3O3. The topological polar surface area (TPSA) is 84.1 Å². The smallest absolute Gasteiger partial charge is 0.257 e. The molecule has 26 heavy (non-hydrogen) atoms. The Hall–Kier alpha value is -3.15. The van der Waals surface area contributed by atoms with Gasteiger partial charge in [0, 0.05) is 23.3 Å². The molecule has 1 amide bonds. The van der Waals surface area contributed by atoms with Crippen molar-refractivity contribution in [2.45, 2.75) is 19.9 Å². The molecule has 2 N–H and O–H groups in total. The molecule has 0 unspecified atom stereocenters. The van der Waals surface area contributed by atoms with Gasteiger partial charge in [-0.25, -0.2) is 0 Å². The minimum Gasteiger partial charge on any atom is -0.497 e. The van der Waals surface area contributed by atoms with Crippen molar-refractivity contribution in [3.05, 3.63) is 70.3 Å². The van der Waals surface area contributed by atoms with Crippen molar-refractivity contribution in [2.75, 3.05) is 7.11 Å². The van der Waals surface area contributed by atoms with Crippen LogP contribution in [0.2, 0.25) is 0 Å². The number of rotatable bonds is 5. The van der Waals surface area contributed by atoms with E-state index in [-0.39, 0.29) is 23.0 Å². The van der Waals surface area contributed by atoms with Crippen LogP contribution in [0, 0.1) is 5.92 Å². The van der Waals surface area contributed by atoms with E-state index in [0.717, 1.165) is 5.69 Å². The van der Waals surface area contributed by atoms with Gasteiger partial charge in [0.15, 0.2) is 0 Å². The molecular weight excluding hydrogens is 330 g/mol. The van der Waals surface area contributed by atoms with Crippen molar-refractivity contribution in [1.82, 2.24) is 15.3 Å². The number of H-pyrrole nitrogens is 1. The molecule has 0 radical (unpaired) electrons. The van der Waals surface area contributed by atoms with Crippen molar-refractivity contribution >= 4 is 16.8 Å². The predicted octanol–water partition coefficient (Wildman–Crippen LogP) is 3.06. The van der Waals surface area contributed by atoms with Crippen molar-refractivity contribution < 1.29 is 9.53 Å². The Kier molecular flexibility index (Phi) is 5.02. The second kappa shape index (κ2) is 7.39. The van der Waals surface area contributed by atoms with Gasteiger partial charge in [-0.1, -0.05) is 19.9 Å². The van der Waals surface area contributed by atoms with Gasteiger partial charge in [0.2, 0.25) is 5.43 Å². The third-order valence-electron chi connectivity index (χ3n) is 4.29. The summed E-state index contributed by atoms with van der Waals surface area (Å²) >= 11 is 0. The molecule has 2 heterocycles. The number of pyridine rings is 2. The van der Waals surface area contributed by atoms with E-state index in [1.165, 1.54) is 13.3 Å². The molecule has 0 aliphatic heterocycles. The number of ether oxygens (including phenoxy) is 1. The molecule has 6 heteroatoms. The Balaban J connectivity index is 1.96. The second-order valence-corrected chi connectivity index (χ2v) is 6.39. The normalized spacial score (nSPS) is 12.2. The number of nitrogens with one attached hydrogen (secondary N) is 2. The average molecular weight is 351 g/mol. The number of benzene rings is 1. The molecule has 1 aromatic carbocycles. The van der Waals surface area contributed by atoms with Gasteiger partial charge in [-0.2, -0.15) is 0 Å². The molecule has 2 aromatic heterocycles. The molecule has 6 nitrogen and oxygen atoms in total. The Bertz CT molecular complexity index is 981. The van der Waals surface area contributed by atoms with E-state index in [2.05, 4.69) is 15.3 Å². The van der Waals surface area contributed by atoms with Crippen molar-refractivity contribution in [3.8, 4) is 5.75 Å². The zero-order valence-corrected chi connectivity index (χ0v) is 14.9. The van der Waals surface area contributed by atoms with Crippen LogP contribution in [0.3, 0.4) is 0 Å². The first-order valence-corrected chi connectivity index (χ1v) is 8.42. The van der Waals surface area contributed by atoms with Gasteiger partial charge in [-0.05, 0) is 36.2 Å². The Labute approximate surface area is 151 Å². The zero-order valence-electron chi connectivity index (χ0n) is 14.9. The summed E-state index contributed by atoms with van der Waals surface area (Å²) < 4.78 is 5.17. The number of carbonyl (C=O) groups excluding carboxylic acids is 1. The summed E-state index contributed by atoms with van der Waals surface area (Å²) in [5.74, 6) is 0.253. The first-order chi connectivity index (χ1) is 12.5. The summed E-state index contributed by atoms with van der Waals surface area (Å²) in [4.78, 5) is 32.9.